The normalized spacial score (nSPS) is 13.0. The van der Waals surface area contributed by atoms with E-state index >= 15 is 0 Å². The Hall–Kier alpha value is -2.17. The third-order valence-electron chi connectivity index (χ3n) is 3.36. The van der Waals surface area contributed by atoms with E-state index in [-0.39, 0.29) is 0 Å². The van der Waals surface area contributed by atoms with Gasteiger partial charge >= 0.3 is 0 Å². The fourth-order valence-corrected chi connectivity index (χ4v) is 2.15. The summed E-state index contributed by atoms with van der Waals surface area (Å²) in [4.78, 5) is 3.95. The van der Waals surface area contributed by atoms with Crippen LogP contribution >= 0.6 is 0 Å². The van der Waals surface area contributed by atoms with Crippen molar-refractivity contribution in [2.24, 2.45) is 0 Å². The number of nitrogens with one attached hydrogen (secondary N) is 1. The Balaban J connectivity index is 1.81. The minimum Gasteiger partial charge on any atom is -0.497 e. The van der Waals surface area contributed by atoms with Gasteiger partial charge < -0.3 is 15.2 Å². The molecule has 0 amide bonds. The molecule has 2 aromatic rings. The van der Waals surface area contributed by atoms with Crippen LogP contribution in [0.2, 0.25) is 0 Å². The van der Waals surface area contributed by atoms with Crippen molar-refractivity contribution in [1.82, 2.24) is 10.3 Å². The number of aliphatic hydroxyl groups excluding tert-OH is 1. The van der Waals surface area contributed by atoms with Crippen molar-refractivity contribution in [2.75, 3.05) is 20.2 Å². The lowest BCUT2D eigenvalue weighted by Crippen LogP contribution is -2.23. The lowest BCUT2D eigenvalue weighted by Gasteiger charge is -2.12. The van der Waals surface area contributed by atoms with E-state index in [4.69, 9.17) is 4.74 Å². The van der Waals surface area contributed by atoms with Crippen molar-refractivity contribution in [3.63, 3.8) is 0 Å². The molecule has 2 N–H and O–H groups in total. The molecule has 0 spiro atoms. The topological polar surface area (TPSA) is 54.4 Å². The van der Waals surface area contributed by atoms with Crippen molar-refractivity contribution < 1.29 is 9.84 Å². The van der Waals surface area contributed by atoms with Gasteiger partial charge in [-0.3, -0.25) is 4.98 Å². The van der Waals surface area contributed by atoms with Crippen LogP contribution in [-0.4, -0.2) is 30.3 Å². The first-order valence-electron chi connectivity index (χ1n) is 7.29. The van der Waals surface area contributed by atoms with E-state index < -0.39 is 6.10 Å². The maximum Gasteiger partial charge on any atom is 0.118 e. The molecule has 4 nitrogen and oxygen atoms in total. The van der Waals surface area contributed by atoms with Crippen molar-refractivity contribution in [2.45, 2.75) is 13.0 Å². The van der Waals surface area contributed by atoms with Crippen LogP contribution < -0.4 is 10.1 Å². The predicted molar refractivity (Wildman–Crippen MR) is 88.7 cm³/mol. The van der Waals surface area contributed by atoms with E-state index in [2.05, 4.69) is 23.3 Å². The number of methoxy groups -OCH3 is 1. The minimum atomic E-state index is -0.517. The zero-order chi connectivity index (χ0) is 15.8. The molecule has 0 saturated carbocycles. The number of aromatic nitrogens is 1. The Labute approximate surface area is 131 Å². The smallest absolute Gasteiger partial charge is 0.118 e. The van der Waals surface area contributed by atoms with Gasteiger partial charge in [-0.2, -0.15) is 0 Å². The number of ether oxygens (including phenoxy) is 1. The average Bonchev–Trinajstić information content (AvgIpc) is 2.56. The number of hydrogen-bond donors (Lipinski definition) is 2. The summed E-state index contributed by atoms with van der Waals surface area (Å²) in [6.45, 7) is 3.31. The maximum atomic E-state index is 10.1. The highest BCUT2D eigenvalue weighted by Crippen LogP contribution is 2.14. The zero-order valence-corrected chi connectivity index (χ0v) is 13.0. The molecule has 0 saturated heterocycles. The van der Waals surface area contributed by atoms with Crippen molar-refractivity contribution in [3.05, 3.63) is 65.5 Å². The van der Waals surface area contributed by atoms with Gasteiger partial charge in [0.05, 0.1) is 13.2 Å². The first kappa shape index (κ1) is 16.2. The fourth-order valence-electron chi connectivity index (χ4n) is 2.15. The van der Waals surface area contributed by atoms with Gasteiger partial charge in [0, 0.05) is 25.5 Å². The average molecular weight is 298 g/mol. The van der Waals surface area contributed by atoms with E-state index in [0.717, 1.165) is 23.4 Å². The Kier molecular flexibility index (Phi) is 6.13. The van der Waals surface area contributed by atoms with E-state index in [1.165, 1.54) is 5.57 Å². The molecule has 0 aliphatic heterocycles. The maximum absolute atomic E-state index is 10.1. The highest BCUT2D eigenvalue weighted by Gasteiger charge is 2.05. The lowest BCUT2D eigenvalue weighted by atomic mass is 10.1. The summed E-state index contributed by atoms with van der Waals surface area (Å²) in [7, 11) is 1.66. The number of benzene rings is 1. The molecule has 22 heavy (non-hydrogen) atoms. The summed E-state index contributed by atoms with van der Waals surface area (Å²) < 4.78 is 5.14. The summed E-state index contributed by atoms with van der Waals surface area (Å²) >= 11 is 0. The molecule has 0 radical (unpaired) electrons. The largest absolute Gasteiger partial charge is 0.497 e. The van der Waals surface area contributed by atoms with Crippen molar-refractivity contribution in [1.29, 1.82) is 0 Å². The summed E-state index contributed by atoms with van der Waals surface area (Å²) in [6, 6.07) is 11.6. The van der Waals surface area contributed by atoms with E-state index in [0.29, 0.717) is 6.54 Å². The van der Waals surface area contributed by atoms with Gasteiger partial charge in [-0.05, 0) is 42.3 Å². The van der Waals surface area contributed by atoms with Crippen LogP contribution in [0, 0.1) is 0 Å². The second-order valence-electron chi connectivity index (χ2n) is 5.19. The van der Waals surface area contributed by atoms with Crippen LogP contribution in [0.15, 0.2) is 54.4 Å². The molecule has 1 heterocycles. The molecule has 0 fully saturated rings. The van der Waals surface area contributed by atoms with Gasteiger partial charge in [0.15, 0.2) is 0 Å². The van der Waals surface area contributed by atoms with Crippen LogP contribution in [0.25, 0.3) is 6.08 Å². The van der Waals surface area contributed by atoms with Gasteiger partial charge in [0.1, 0.15) is 5.75 Å². The van der Waals surface area contributed by atoms with Crippen LogP contribution in [0.5, 0.6) is 5.75 Å². The van der Waals surface area contributed by atoms with Gasteiger partial charge in [0.2, 0.25) is 0 Å². The Morgan fingerprint density at radius 1 is 1.23 bits per heavy atom. The Morgan fingerprint density at radius 3 is 2.55 bits per heavy atom. The fraction of sp³-hybridized carbons (Fsp3) is 0.278. The molecule has 1 aromatic carbocycles. The molecule has 4 heteroatoms. The highest BCUT2D eigenvalue weighted by atomic mass is 16.5. The molecule has 1 atom stereocenters. The molecule has 0 aliphatic carbocycles. The molecule has 0 aliphatic rings. The standard InChI is InChI=1S/C18H22N2O2/c1-14(11-15-3-5-17(22-2)6-4-15)12-20-13-18(21)16-7-9-19-10-8-16/h3-11,18,20-21H,12-13H2,1-2H3/b14-11-. The zero-order valence-electron chi connectivity index (χ0n) is 13.0. The quantitative estimate of drug-likeness (QED) is 0.825. The first-order chi connectivity index (χ1) is 10.7. The molecule has 1 unspecified atom stereocenters. The van der Waals surface area contributed by atoms with Crippen molar-refractivity contribution in [3.8, 4) is 5.75 Å². The van der Waals surface area contributed by atoms with E-state index in [1.54, 1.807) is 19.5 Å². The molecular formula is C18H22N2O2. The van der Waals surface area contributed by atoms with Crippen LogP contribution in [0.3, 0.4) is 0 Å². The molecule has 1 aromatic heterocycles. The van der Waals surface area contributed by atoms with Crippen LogP contribution in [0.1, 0.15) is 24.2 Å². The lowest BCUT2D eigenvalue weighted by molar-refractivity contribution is 0.176. The minimum absolute atomic E-state index is 0.512. The van der Waals surface area contributed by atoms with Crippen LogP contribution in [0.4, 0.5) is 0 Å². The second-order valence-corrected chi connectivity index (χ2v) is 5.19. The molecule has 0 bridgehead atoms. The highest BCUT2D eigenvalue weighted by molar-refractivity contribution is 5.53. The van der Waals surface area contributed by atoms with Crippen molar-refractivity contribution >= 4 is 6.08 Å². The summed E-state index contributed by atoms with van der Waals surface area (Å²) in [5, 5.41) is 13.3. The molecular weight excluding hydrogens is 276 g/mol. The number of aliphatic hydroxyl groups is 1. The Morgan fingerprint density at radius 2 is 1.91 bits per heavy atom. The molecule has 116 valence electrons. The summed E-state index contributed by atoms with van der Waals surface area (Å²) in [6.07, 6.45) is 4.98. The van der Waals surface area contributed by atoms with Crippen LogP contribution in [-0.2, 0) is 0 Å². The van der Waals surface area contributed by atoms with E-state index in [9.17, 15) is 5.11 Å². The SMILES string of the molecule is COc1ccc(/C=C(/C)CNCC(O)c2ccncc2)cc1. The summed E-state index contributed by atoms with van der Waals surface area (Å²) in [5.41, 5.74) is 3.21. The monoisotopic (exact) mass is 298 g/mol. The first-order valence-corrected chi connectivity index (χ1v) is 7.29. The van der Waals surface area contributed by atoms with Gasteiger partial charge in [-0.1, -0.05) is 23.8 Å². The molecule has 2 rings (SSSR count). The third kappa shape index (κ3) is 4.98. The predicted octanol–water partition coefficient (Wildman–Crippen LogP) is 2.82. The number of hydrogen-bond acceptors (Lipinski definition) is 4. The van der Waals surface area contributed by atoms with E-state index in [1.807, 2.05) is 36.4 Å². The number of rotatable bonds is 7. The van der Waals surface area contributed by atoms with Gasteiger partial charge in [0.25, 0.3) is 0 Å². The number of nitrogens with zero attached hydrogens (tertiary/aromatic N) is 1. The Bertz CT molecular complexity index is 594. The second kappa shape index (κ2) is 8.32. The summed E-state index contributed by atoms with van der Waals surface area (Å²) in [5.74, 6) is 0.855. The van der Waals surface area contributed by atoms with Gasteiger partial charge in [-0.25, -0.2) is 0 Å². The number of pyridine rings is 1. The van der Waals surface area contributed by atoms with Gasteiger partial charge in [-0.15, -0.1) is 0 Å². The third-order valence-corrected chi connectivity index (χ3v) is 3.36.